The number of ether oxygens (including phenoxy) is 1. The first kappa shape index (κ1) is 17.2. The van der Waals surface area contributed by atoms with Crippen molar-refractivity contribution >= 4 is 40.4 Å². The van der Waals surface area contributed by atoms with Crippen LogP contribution in [-0.2, 0) is 9.53 Å². The van der Waals surface area contributed by atoms with Gasteiger partial charge >= 0.3 is 12.0 Å². The Morgan fingerprint density at radius 2 is 1.88 bits per heavy atom. The van der Waals surface area contributed by atoms with Crippen LogP contribution in [0.25, 0.3) is 17.0 Å². The number of hydrogen-bond donors (Lipinski definition) is 2. The Hall–Kier alpha value is -3.67. The fraction of sp³-hybridized carbons (Fsp3) is 0.0500. The maximum Gasteiger partial charge on any atom is 0.330 e. The third-order valence-corrected chi connectivity index (χ3v) is 3.67. The van der Waals surface area contributed by atoms with E-state index >= 15 is 0 Å². The number of nitrogens with zero attached hydrogens (tertiary/aromatic N) is 1. The van der Waals surface area contributed by atoms with Gasteiger partial charge in [-0.15, -0.1) is 0 Å². The van der Waals surface area contributed by atoms with Crippen LogP contribution in [0.1, 0.15) is 5.56 Å². The molecule has 6 nitrogen and oxygen atoms in total. The highest BCUT2D eigenvalue weighted by Crippen LogP contribution is 2.19. The van der Waals surface area contributed by atoms with E-state index < -0.39 is 5.97 Å². The molecule has 0 aliphatic carbocycles. The van der Waals surface area contributed by atoms with Gasteiger partial charge in [0.25, 0.3) is 0 Å². The number of anilines is 2. The summed E-state index contributed by atoms with van der Waals surface area (Å²) in [6.07, 6.45) is 4.61. The average Bonchev–Trinajstić information content (AvgIpc) is 2.67. The van der Waals surface area contributed by atoms with Gasteiger partial charge in [-0.1, -0.05) is 24.3 Å². The second kappa shape index (κ2) is 7.94. The Balaban J connectivity index is 1.73. The minimum Gasteiger partial charge on any atom is -0.466 e. The van der Waals surface area contributed by atoms with Gasteiger partial charge in [-0.05, 0) is 42.0 Å². The van der Waals surface area contributed by atoms with Crippen LogP contribution in [0.5, 0.6) is 0 Å². The molecule has 2 N–H and O–H groups in total. The molecule has 0 radical (unpaired) electrons. The van der Waals surface area contributed by atoms with Crippen molar-refractivity contribution in [1.82, 2.24) is 4.98 Å². The molecule has 1 heterocycles. The van der Waals surface area contributed by atoms with Gasteiger partial charge in [0, 0.05) is 29.0 Å². The number of benzene rings is 2. The number of esters is 1. The van der Waals surface area contributed by atoms with E-state index in [4.69, 9.17) is 0 Å². The fourth-order valence-electron chi connectivity index (χ4n) is 2.42. The maximum absolute atomic E-state index is 12.3. The van der Waals surface area contributed by atoms with Gasteiger partial charge in [0.1, 0.15) is 0 Å². The monoisotopic (exact) mass is 347 g/mol. The minimum atomic E-state index is -0.464. The Bertz CT molecular complexity index is 983. The number of urea groups is 1. The molecule has 0 spiro atoms. The zero-order valence-corrected chi connectivity index (χ0v) is 14.1. The van der Waals surface area contributed by atoms with E-state index in [-0.39, 0.29) is 6.03 Å². The van der Waals surface area contributed by atoms with Gasteiger partial charge in [-0.2, -0.15) is 0 Å². The lowest BCUT2D eigenvalue weighted by molar-refractivity contribution is -0.134. The van der Waals surface area contributed by atoms with E-state index in [2.05, 4.69) is 20.4 Å². The molecule has 2 amide bonds. The highest BCUT2D eigenvalue weighted by Gasteiger charge is 2.06. The molecule has 6 heteroatoms. The molecular weight excluding hydrogens is 330 g/mol. The first-order valence-electron chi connectivity index (χ1n) is 7.93. The van der Waals surface area contributed by atoms with Crippen LogP contribution >= 0.6 is 0 Å². The smallest absolute Gasteiger partial charge is 0.330 e. The minimum absolute atomic E-state index is 0.382. The molecule has 3 aromatic rings. The van der Waals surface area contributed by atoms with Crippen LogP contribution in [0.3, 0.4) is 0 Å². The summed E-state index contributed by atoms with van der Waals surface area (Å²) in [4.78, 5) is 27.8. The lowest BCUT2D eigenvalue weighted by Gasteiger charge is -2.10. The third-order valence-electron chi connectivity index (χ3n) is 3.67. The molecule has 0 saturated carbocycles. The molecule has 0 atom stereocenters. The summed E-state index contributed by atoms with van der Waals surface area (Å²) in [7, 11) is 1.31. The average molecular weight is 347 g/mol. The molecule has 0 saturated heterocycles. The molecule has 0 unspecified atom stereocenters. The number of methoxy groups -OCH3 is 1. The zero-order valence-electron chi connectivity index (χ0n) is 14.1. The van der Waals surface area contributed by atoms with Crippen molar-refractivity contribution in [3.8, 4) is 0 Å². The second-order valence-corrected chi connectivity index (χ2v) is 5.43. The van der Waals surface area contributed by atoms with Crippen molar-refractivity contribution in [1.29, 1.82) is 0 Å². The third kappa shape index (κ3) is 4.24. The Kier molecular flexibility index (Phi) is 5.24. The van der Waals surface area contributed by atoms with Crippen molar-refractivity contribution in [2.75, 3.05) is 17.7 Å². The van der Waals surface area contributed by atoms with E-state index in [0.717, 1.165) is 10.9 Å². The molecule has 130 valence electrons. The number of rotatable bonds is 4. The Labute approximate surface area is 150 Å². The first-order valence-corrected chi connectivity index (χ1v) is 7.93. The topological polar surface area (TPSA) is 80.3 Å². The number of amides is 2. The van der Waals surface area contributed by atoms with E-state index in [0.29, 0.717) is 16.9 Å². The van der Waals surface area contributed by atoms with Crippen molar-refractivity contribution in [2.24, 2.45) is 0 Å². The van der Waals surface area contributed by atoms with E-state index in [1.807, 2.05) is 30.3 Å². The number of para-hydroxylation sites is 1. The van der Waals surface area contributed by atoms with Gasteiger partial charge in [-0.25, -0.2) is 9.59 Å². The van der Waals surface area contributed by atoms with E-state index in [1.165, 1.54) is 13.2 Å². The molecule has 0 bridgehead atoms. The predicted molar refractivity (Wildman–Crippen MR) is 102 cm³/mol. The number of hydrogen-bond acceptors (Lipinski definition) is 4. The predicted octanol–water partition coefficient (Wildman–Crippen LogP) is 4.07. The van der Waals surface area contributed by atoms with E-state index in [1.54, 1.807) is 36.5 Å². The summed E-state index contributed by atoms with van der Waals surface area (Å²) in [6, 6.07) is 16.0. The molecular formula is C20H17N3O3. The fourth-order valence-corrected chi connectivity index (χ4v) is 2.42. The van der Waals surface area contributed by atoms with Gasteiger partial charge < -0.3 is 15.4 Å². The quantitative estimate of drug-likeness (QED) is 0.551. The number of fused-ring (bicyclic) bond motifs is 1. The van der Waals surface area contributed by atoms with Crippen LogP contribution in [0.15, 0.2) is 66.9 Å². The van der Waals surface area contributed by atoms with Crippen LogP contribution < -0.4 is 10.6 Å². The molecule has 26 heavy (non-hydrogen) atoms. The lowest BCUT2D eigenvalue weighted by atomic mass is 10.1. The highest BCUT2D eigenvalue weighted by molar-refractivity contribution is 6.02. The normalized spacial score (nSPS) is 10.7. The largest absolute Gasteiger partial charge is 0.466 e. The lowest BCUT2D eigenvalue weighted by Crippen LogP contribution is -2.19. The summed E-state index contributed by atoms with van der Waals surface area (Å²) in [5, 5.41) is 6.51. The molecule has 0 fully saturated rings. The number of carbonyl (C=O) groups is 2. The van der Waals surface area contributed by atoms with Gasteiger partial charge in [-0.3, -0.25) is 4.98 Å². The number of aromatic nitrogens is 1. The Morgan fingerprint density at radius 3 is 2.73 bits per heavy atom. The van der Waals surface area contributed by atoms with Crippen molar-refractivity contribution < 1.29 is 14.3 Å². The molecule has 2 aromatic carbocycles. The van der Waals surface area contributed by atoms with Crippen LogP contribution in [-0.4, -0.2) is 24.1 Å². The molecule has 0 aliphatic heterocycles. The van der Waals surface area contributed by atoms with Crippen LogP contribution in [0, 0.1) is 0 Å². The Morgan fingerprint density at radius 1 is 1.04 bits per heavy atom. The number of nitrogens with one attached hydrogen (secondary N) is 2. The van der Waals surface area contributed by atoms with Gasteiger partial charge in [0.2, 0.25) is 0 Å². The SMILES string of the molecule is COC(=O)/C=C/c1ccccc1NC(=O)Nc1ccc2ncccc2c1. The molecule has 1 aromatic heterocycles. The number of carbonyl (C=O) groups excluding carboxylic acids is 2. The second-order valence-electron chi connectivity index (χ2n) is 5.43. The summed E-state index contributed by atoms with van der Waals surface area (Å²) < 4.78 is 4.58. The summed E-state index contributed by atoms with van der Waals surface area (Å²) in [6.45, 7) is 0. The highest BCUT2D eigenvalue weighted by atomic mass is 16.5. The number of pyridine rings is 1. The van der Waals surface area contributed by atoms with Crippen molar-refractivity contribution in [3.05, 3.63) is 72.4 Å². The standard InChI is InChI=1S/C20H17N3O3/c1-26-19(24)11-8-14-5-2-3-7-18(14)23-20(25)22-16-9-10-17-15(13-16)6-4-12-21-17/h2-13H,1H3,(H2,22,23,25)/b11-8+. The zero-order chi connectivity index (χ0) is 18.4. The van der Waals surface area contributed by atoms with Crippen LogP contribution in [0.2, 0.25) is 0 Å². The molecule has 3 rings (SSSR count). The van der Waals surface area contributed by atoms with Gasteiger partial charge in [0.15, 0.2) is 0 Å². The van der Waals surface area contributed by atoms with Gasteiger partial charge in [0.05, 0.1) is 12.6 Å². The maximum atomic E-state index is 12.3. The summed E-state index contributed by atoms with van der Waals surface area (Å²) in [5.74, 6) is -0.464. The summed E-state index contributed by atoms with van der Waals surface area (Å²) in [5.41, 5.74) is 2.78. The first-order chi connectivity index (χ1) is 12.7. The van der Waals surface area contributed by atoms with E-state index in [9.17, 15) is 9.59 Å². The van der Waals surface area contributed by atoms with Crippen LogP contribution in [0.4, 0.5) is 16.2 Å². The van der Waals surface area contributed by atoms with Crippen molar-refractivity contribution in [3.63, 3.8) is 0 Å². The summed E-state index contributed by atoms with van der Waals surface area (Å²) >= 11 is 0. The van der Waals surface area contributed by atoms with Crippen molar-refractivity contribution in [2.45, 2.75) is 0 Å². The molecule has 0 aliphatic rings.